The average Bonchev–Trinajstić information content (AvgIpc) is 2.02. The summed E-state index contributed by atoms with van der Waals surface area (Å²) in [5.74, 6) is 0. The van der Waals surface area contributed by atoms with Gasteiger partial charge in [-0.05, 0) is 24.3 Å². The van der Waals surface area contributed by atoms with E-state index in [-0.39, 0.29) is 4.90 Å². The fourth-order valence-corrected chi connectivity index (χ4v) is 1.33. The van der Waals surface area contributed by atoms with Crippen LogP contribution < -0.4 is 11.1 Å². The van der Waals surface area contributed by atoms with Crippen LogP contribution in [0, 0.1) is 0 Å². The van der Waals surface area contributed by atoms with Crippen LogP contribution in [0.4, 0.5) is 10.5 Å². The van der Waals surface area contributed by atoms with Gasteiger partial charge in [0.2, 0.25) is 0 Å². The lowest BCUT2D eigenvalue weighted by Crippen LogP contribution is -2.19. The van der Waals surface area contributed by atoms with Crippen LogP contribution in [0.1, 0.15) is 0 Å². The van der Waals surface area contributed by atoms with Crippen molar-refractivity contribution in [1.29, 1.82) is 0 Å². The maximum absolute atomic E-state index is 10.6. The quantitative estimate of drug-likeness (QED) is 0.622. The van der Waals surface area contributed by atoms with Gasteiger partial charge in [0.05, 0.1) is 4.90 Å². The number of primary amides is 1. The molecule has 14 heavy (non-hydrogen) atoms. The summed E-state index contributed by atoms with van der Waals surface area (Å²) >= 11 is 0. The molecule has 7 heteroatoms. The van der Waals surface area contributed by atoms with Gasteiger partial charge < -0.3 is 11.1 Å². The summed E-state index contributed by atoms with van der Waals surface area (Å²) < 4.78 is 29.8. The van der Waals surface area contributed by atoms with Crippen molar-refractivity contribution in [2.24, 2.45) is 5.73 Å². The predicted octanol–water partition coefficient (Wildman–Crippen LogP) is 0.424. The lowest BCUT2D eigenvalue weighted by molar-refractivity contribution is 0.259. The fourth-order valence-electron chi connectivity index (χ4n) is 0.852. The maximum atomic E-state index is 10.6. The highest BCUT2D eigenvalue weighted by atomic mass is 32.2. The Labute approximate surface area is 80.5 Å². The van der Waals surface area contributed by atoms with Gasteiger partial charge in [0.15, 0.2) is 0 Å². The molecule has 6 nitrogen and oxygen atoms in total. The third kappa shape index (κ3) is 2.71. The second-order valence-electron chi connectivity index (χ2n) is 2.49. The van der Waals surface area contributed by atoms with Crippen molar-refractivity contribution >= 4 is 21.8 Å². The fraction of sp³-hybridized carbons (Fsp3) is 0. The van der Waals surface area contributed by atoms with Crippen LogP contribution in [-0.2, 0) is 10.1 Å². The largest absolute Gasteiger partial charge is 0.351 e. The molecule has 0 radical (unpaired) electrons. The number of hydrogen-bond donors (Lipinski definition) is 3. The third-order valence-electron chi connectivity index (χ3n) is 1.42. The summed E-state index contributed by atoms with van der Waals surface area (Å²) in [6.45, 7) is 0. The Hall–Kier alpha value is -1.60. The maximum Gasteiger partial charge on any atom is 0.316 e. The first-order chi connectivity index (χ1) is 6.39. The molecule has 1 aromatic rings. The summed E-state index contributed by atoms with van der Waals surface area (Å²) in [4.78, 5) is 10.2. The first-order valence-electron chi connectivity index (χ1n) is 3.53. The van der Waals surface area contributed by atoms with Crippen molar-refractivity contribution < 1.29 is 17.8 Å². The molecule has 1 rings (SSSR count). The molecule has 1 aromatic carbocycles. The minimum absolute atomic E-state index is 0.243. The number of amides is 2. The Kier molecular flexibility index (Phi) is 2.73. The zero-order valence-electron chi connectivity index (χ0n) is 6.97. The van der Waals surface area contributed by atoms with Crippen LogP contribution in [0.2, 0.25) is 0 Å². The molecule has 4 N–H and O–H groups in total. The Morgan fingerprint density at radius 3 is 2.14 bits per heavy atom. The van der Waals surface area contributed by atoms with Crippen LogP contribution in [0.5, 0.6) is 0 Å². The predicted molar refractivity (Wildman–Crippen MR) is 49.5 cm³/mol. The molecular weight excluding hydrogens is 208 g/mol. The molecular formula is C7H8N2O4S. The highest BCUT2D eigenvalue weighted by molar-refractivity contribution is 7.85. The molecule has 0 heterocycles. The summed E-state index contributed by atoms with van der Waals surface area (Å²) in [5.41, 5.74) is 5.18. The lowest BCUT2D eigenvalue weighted by Gasteiger charge is -2.01. The van der Waals surface area contributed by atoms with Gasteiger partial charge in [-0.2, -0.15) is 8.42 Å². The van der Waals surface area contributed by atoms with Crippen LogP contribution in [0.3, 0.4) is 0 Å². The normalized spacial score (nSPS) is 10.9. The Morgan fingerprint density at radius 1 is 1.29 bits per heavy atom. The van der Waals surface area contributed by atoms with E-state index < -0.39 is 16.1 Å². The van der Waals surface area contributed by atoms with E-state index in [2.05, 4.69) is 5.32 Å². The molecule has 0 unspecified atom stereocenters. The van der Waals surface area contributed by atoms with Crippen molar-refractivity contribution in [1.82, 2.24) is 0 Å². The molecule has 2 amide bonds. The smallest absolute Gasteiger partial charge is 0.316 e. The highest BCUT2D eigenvalue weighted by Crippen LogP contribution is 2.13. The average molecular weight is 216 g/mol. The Balaban J connectivity index is 2.95. The monoisotopic (exact) mass is 216 g/mol. The third-order valence-corrected chi connectivity index (χ3v) is 2.29. The van der Waals surface area contributed by atoms with E-state index in [0.717, 1.165) is 12.1 Å². The first kappa shape index (κ1) is 10.5. The Bertz CT molecular complexity index is 437. The van der Waals surface area contributed by atoms with Crippen molar-refractivity contribution in [2.75, 3.05) is 5.32 Å². The minimum atomic E-state index is -4.19. The molecule has 0 aliphatic heterocycles. The highest BCUT2D eigenvalue weighted by Gasteiger charge is 2.08. The molecule has 0 bridgehead atoms. The molecule has 0 saturated heterocycles. The molecule has 76 valence electrons. The van der Waals surface area contributed by atoms with Gasteiger partial charge in [0.1, 0.15) is 0 Å². The number of carbonyl (C=O) groups is 1. The topological polar surface area (TPSA) is 109 Å². The van der Waals surface area contributed by atoms with Gasteiger partial charge in [-0.1, -0.05) is 0 Å². The van der Waals surface area contributed by atoms with Gasteiger partial charge in [-0.25, -0.2) is 4.79 Å². The summed E-state index contributed by atoms with van der Waals surface area (Å²) in [6.07, 6.45) is 0. The summed E-state index contributed by atoms with van der Waals surface area (Å²) in [6, 6.07) is 4.19. The van der Waals surface area contributed by atoms with Gasteiger partial charge in [-0.3, -0.25) is 4.55 Å². The van der Waals surface area contributed by atoms with Crippen LogP contribution in [-0.4, -0.2) is 19.0 Å². The molecule has 0 aromatic heterocycles. The Morgan fingerprint density at radius 2 is 1.79 bits per heavy atom. The van der Waals surface area contributed by atoms with Crippen LogP contribution in [0.15, 0.2) is 29.2 Å². The molecule has 0 atom stereocenters. The van der Waals surface area contributed by atoms with E-state index in [4.69, 9.17) is 10.3 Å². The SMILES string of the molecule is NC(=O)Nc1ccc(S(=O)(=O)O)cc1. The second-order valence-corrected chi connectivity index (χ2v) is 3.91. The van der Waals surface area contributed by atoms with Gasteiger partial charge in [0.25, 0.3) is 10.1 Å². The molecule has 0 aliphatic rings. The van der Waals surface area contributed by atoms with E-state index in [9.17, 15) is 13.2 Å². The molecule has 0 aliphatic carbocycles. The van der Waals surface area contributed by atoms with Crippen molar-refractivity contribution in [3.63, 3.8) is 0 Å². The summed E-state index contributed by atoms with van der Waals surface area (Å²) in [7, 11) is -4.19. The summed E-state index contributed by atoms with van der Waals surface area (Å²) in [5, 5.41) is 2.25. The zero-order chi connectivity index (χ0) is 10.8. The first-order valence-corrected chi connectivity index (χ1v) is 4.97. The number of anilines is 1. The van der Waals surface area contributed by atoms with E-state index in [0.29, 0.717) is 5.69 Å². The van der Waals surface area contributed by atoms with E-state index in [1.807, 2.05) is 0 Å². The zero-order valence-corrected chi connectivity index (χ0v) is 7.78. The van der Waals surface area contributed by atoms with Crippen LogP contribution in [0.25, 0.3) is 0 Å². The van der Waals surface area contributed by atoms with Crippen molar-refractivity contribution in [2.45, 2.75) is 4.90 Å². The van der Waals surface area contributed by atoms with Crippen molar-refractivity contribution in [3.05, 3.63) is 24.3 Å². The van der Waals surface area contributed by atoms with Gasteiger partial charge in [0, 0.05) is 5.69 Å². The van der Waals surface area contributed by atoms with Crippen molar-refractivity contribution in [3.8, 4) is 0 Å². The number of rotatable bonds is 2. The lowest BCUT2D eigenvalue weighted by atomic mass is 10.3. The second kappa shape index (κ2) is 3.64. The molecule has 0 fully saturated rings. The number of urea groups is 1. The van der Waals surface area contributed by atoms with Gasteiger partial charge in [-0.15, -0.1) is 0 Å². The number of nitrogens with one attached hydrogen (secondary N) is 1. The number of carbonyl (C=O) groups excluding carboxylic acids is 1. The molecule has 0 saturated carbocycles. The minimum Gasteiger partial charge on any atom is -0.351 e. The standard InChI is InChI=1S/C7H8N2O4S/c8-7(10)9-5-1-3-6(4-2-5)14(11,12)13/h1-4H,(H3,8,9,10)(H,11,12,13). The van der Waals surface area contributed by atoms with E-state index >= 15 is 0 Å². The molecule has 0 spiro atoms. The van der Waals surface area contributed by atoms with E-state index in [1.165, 1.54) is 12.1 Å². The van der Waals surface area contributed by atoms with Crippen LogP contribution >= 0.6 is 0 Å². The number of hydrogen-bond acceptors (Lipinski definition) is 3. The van der Waals surface area contributed by atoms with Gasteiger partial charge >= 0.3 is 6.03 Å². The number of benzene rings is 1. The number of nitrogens with two attached hydrogens (primary N) is 1. The van der Waals surface area contributed by atoms with E-state index in [1.54, 1.807) is 0 Å².